The molecule has 0 radical (unpaired) electrons. The van der Waals surface area contributed by atoms with E-state index in [4.69, 9.17) is 0 Å². The molecule has 1 saturated heterocycles. The molecule has 1 aromatic heterocycles. The molecule has 18 heavy (non-hydrogen) atoms. The number of carbonyl (C=O) groups excluding carboxylic acids is 1. The van der Waals surface area contributed by atoms with Gasteiger partial charge >= 0.3 is 0 Å². The van der Waals surface area contributed by atoms with Gasteiger partial charge in [-0.2, -0.15) is 0 Å². The zero-order valence-corrected chi connectivity index (χ0v) is 10.6. The molecule has 5 nitrogen and oxygen atoms in total. The number of aromatic nitrogens is 1. The number of likely N-dealkylation sites (N-methyl/N-ethyl adjacent to an activating group) is 1. The second-order valence-electron chi connectivity index (χ2n) is 4.70. The predicted octanol–water partition coefficient (Wildman–Crippen LogP) is 1.00. The van der Waals surface area contributed by atoms with Gasteiger partial charge in [-0.25, -0.2) is 4.98 Å². The van der Waals surface area contributed by atoms with Crippen LogP contribution in [0.5, 0.6) is 5.75 Å². The van der Waals surface area contributed by atoms with Crippen LogP contribution in [0.2, 0.25) is 0 Å². The first-order valence-electron chi connectivity index (χ1n) is 6.31. The summed E-state index contributed by atoms with van der Waals surface area (Å²) in [7, 11) is 1.74. The van der Waals surface area contributed by atoms with Gasteiger partial charge in [0.2, 0.25) is 0 Å². The molecular weight excluding hydrogens is 230 g/mol. The van der Waals surface area contributed by atoms with E-state index in [1.165, 1.54) is 25.1 Å². The van der Waals surface area contributed by atoms with Crippen molar-refractivity contribution in [3.63, 3.8) is 0 Å². The minimum absolute atomic E-state index is 0.0639. The highest BCUT2D eigenvalue weighted by Gasteiger charge is 2.21. The molecule has 0 aliphatic carbocycles. The molecule has 2 rings (SSSR count). The topological polar surface area (TPSA) is 65.5 Å². The largest absolute Gasteiger partial charge is 0.505 e. The van der Waals surface area contributed by atoms with Crippen molar-refractivity contribution in [2.45, 2.75) is 25.3 Å². The maximum absolute atomic E-state index is 12.1. The summed E-state index contributed by atoms with van der Waals surface area (Å²) in [6, 6.07) is 3.43. The first-order chi connectivity index (χ1) is 8.68. The smallest absolute Gasteiger partial charge is 0.276 e. The van der Waals surface area contributed by atoms with Crippen molar-refractivity contribution >= 4 is 5.91 Å². The van der Waals surface area contributed by atoms with E-state index in [0.717, 1.165) is 13.0 Å². The molecule has 0 bridgehead atoms. The number of pyridine rings is 1. The lowest BCUT2D eigenvalue weighted by Crippen LogP contribution is -2.44. The van der Waals surface area contributed by atoms with Crippen LogP contribution < -0.4 is 5.32 Å². The fraction of sp³-hybridized carbons (Fsp3) is 0.538. The minimum Gasteiger partial charge on any atom is -0.505 e. The van der Waals surface area contributed by atoms with Crippen LogP contribution in [0.3, 0.4) is 0 Å². The van der Waals surface area contributed by atoms with Gasteiger partial charge in [0.05, 0.1) is 0 Å². The van der Waals surface area contributed by atoms with Crippen LogP contribution in [-0.2, 0) is 0 Å². The predicted molar refractivity (Wildman–Crippen MR) is 68.5 cm³/mol. The van der Waals surface area contributed by atoms with Crippen LogP contribution in [0.1, 0.15) is 29.8 Å². The van der Waals surface area contributed by atoms with Gasteiger partial charge in [-0.15, -0.1) is 0 Å². The average molecular weight is 249 g/mol. The molecule has 1 aliphatic rings. The Morgan fingerprint density at radius 3 is 3.11 bits per heavy atom. The molecule has 1 atom stereocenters. The van der Waals surface area contributed by atoms with Gasteiger partial charge in [0.25, 0.3) is 5.91 Å². The lowest BCUT2D eigenvalue weighted by atomic mass is 10.0. The Morgan fingerprint density at radius 2 is 2.44 bits per heavy atom. The molecule has 2 N–H and O–H groups in total. The second-order valence-corrected chi connectivity index (χ2v) is 4.70. The fourth-order valence-corrected chi connectivity index (χ4v) is 2.24. The highest BCUT2D eigenvalue weighted by atomic mass is 16.3. The van der Waals surface area contributed by atoms with Gasteiger partial charge in [-0.3, -0.25) is 4.79 Å². The molecule has 1 unspecified atom stereocenters. The van der Waals surface area contributed by atoms with Crippen molar-refractivity contribution in [3.8, 4) is 5.75 Å². The van der Waals surface area contributed by atoms with E-state index in [2.05, 4.69) is 10.3 Å². The number of nitrogens with zero attached hydrogens (tertiary/aromatic N) is 2. The van der Waals surface area contributed by atoms with Crippen LogP contribution >= 0.6 is 0 Å². The van der Waals surface area contributed by atoms with Gasteiger partial charge in [-0.05, 0) is 31.5 Å². The second kappa shape index (κ2) is 5.82. The van der Waals surface area contributed by atoms with Crippen molar-refractivity contribution in [1.82, 2.24) is 15.2 Å². The zero-order chi connectivity index (χ0) is 13.0. The summed E-state index contributed by atoms with van der Waals surface area (Å²) in [5, 5.41) is 13.0. The van der Waals surface area contributed by atoms with E-state index < -0.39 is 0 Å². The van der Waals surface area contributed by atoms with Crippen LogP contribution in [0.15, 0.2) is 18.3 Å². The monoisotopic (exact) mass is 249 g/mol. The first-order valence-corrected chi connectivity index (χ1v) is 6.31. The van der Waals surface area contributed by atoms with Crippen LogP contribution in [0.4, 0.5) is 0 Å². The van der Waals surface area contributed by atoms with Gasteiger partial charge in [0.1, 0.15) is 5.75 Å². The summed E-state index contributed by atoms with van der Waals surface area (Å²) in [5.74, 6) is -0.300. The summed E-state index contributed by atoms with van der Waals surface area (Å²) in [4.78, 5) is 17.7. The number of rotatable bonds is 3. The summed E-state index contributed by atoms with van der Waals surface area (Å²) in [6.07, 6.45) is 5.01. The number of piperidine rings is 1. The molecule has 0 saturated carbocycles. The maximum Gasteiger partial charge on any atom is 0.276 e. The molecule has 1 aromatic rings. The van der Waals surface area contributed by atoms with Crippen molar-refractivity contribution < 1.29 is 9.90 Å². The Kier molecular flexibility index (Phi) is 4.15. The summed E-state index contributed by atoms with van der Waals surface area (Å²) in [5.41, 5.74) is 0.121. The average Bonchev–Trinajstić information content (AvgIpc) is 2.39. The number of aromatic hydroxyl groups is 1. The van der Waals surface area contributed by atoms with Crippen LogP contribution in [-0.4, -0.2) is 47.1 Å². The third kappa shape index (κ3) is 2.98. The lowest BCUT2D eigenvalue weighted by Gasteiger charge is -2.28. The quantitative estimate of drug-likeness (QED) is 0.839. The molecule has 0 spiro atoms. The number of carbonyl (C=O) groups is 1. The van der Waals surface area contributed by atoms with Crippen LogP contribution in [0.25, 0.3) is 0 Å². The first kappa shape index (κ1) is 12.8. The lowest BCUT2D eigenvalue weighted by molar-refractivity contribution is 0.0766. The standard InChI is InChI=1S/C13H19N3O2/c1-16(9-10-5-2-3-7-14-10)13(18)12-11(17)6-4-8-15-12/h4,6,8,10,14,17H,2-3,5,7,9H2,1H3. The van der Waals surface area contributed by atoms with Gasteiger partial charge in [-0.1, -0.05) is 6.42 Å². The van der Waals surface area contributed by atoms with Gasteiger partial charge in [0, 0.05) is 25.8 Å². The molecule has 2 heterocycles. The summed E-state index contributed by atoms with van der Waals surface area (Å²) < 4.78 is 0. The number of amides is 1. The maximum atomic E-state index is 12.1. The molecule has 1 aliphatic heterocycles. The molecular formula is C13H19N3O2. The Bertz CT molecular complexity index is 416. The van der Waals surface area contributed by atoms with E-state index in [1.807, 2.05) is 0 Å². The van der Waals surface area contributed by atoms with Gasteiger partial charge in [0.15, 0.2) is 5.69 Å². The van der Waals surface area contributed by atoms with Crippen molar-refractivity contribution in [1.29, 1.82) is 0 Å². The van der Waals surface area contributed by atoms with E-state index in [9.17, 15) is 9.90 Å². The van der Waals surface area contributed by atoms with Gasteiger partial charge < -0.3 is 15.3 Å². The molecule has 1 fully saturated rings. The minimum atomic E-state index is -0.236. The number of nitrogens with one attached hydrogen (secondary N) is 1. The van der Waals surface area contributed by atoms with Crippen molar-refractivity contribution in [2.24, 2.45) is 0 Å². The van der Waals surface area contributed by atoms with E-state index >= 15 is 0 Å². The Labute approximate surface area is 107 Å². The zero-order valence-electron chi connectivity index (χ0n) is 10.6. The normalized spacial score (nSPS) is 19.5. The Morgan fingerprint density at radius 1 is 1.61 bits per heavy atom. The Hall–Kier alpha value is -1.62. The molecule has 5 heteroatoms. The third-order valence-corrected chi connectivity index (χ3v) is 3.24. The number of hydrogen-bond acceptors (Lipinski definition) is 4. The fourth-order valence-electron chi connectivity index (χ4n) is 2.24. The summed E-state index contributed by atoms with van der Waals surface area (Å²) >= 11 is 0. The molecule has 98 valence electrons. The SMILES string of the molecule is CN(CC1CCCCN1)C(=O)c1ncccc1O. The Balaban J connectivity index is 1.98. The highest BCUT2D eigenvalue weighted by molar-refractivity contribution is 5.94. The van der Waals surface area contributed by atoms with E-state index in [1.54, 1.807) is 18.0 Å². The van der Waals surface area contributed by atoms with E-state index in [0.29, 0.717) is 12.6 Å². The van der Waals surface area contributed by atoms with E-state index in [-0.39, 0.29) is 17.4 Å². The highest BCUT2D eigenvalue weighted by Crippen LogP contribution is 2.15. The van der Waals surface area contributed by atoms with Crippen LogP contribution in [0, 0.1) is 0 Å². The van der Waals surface area contributed by atoms with Crippen molar-refractivity contribution in [3.05, 3.63) is 24.0 Å². The molecule has 0 aromatic carbocycles. The summed E-state index contributed by atoms with van der Waals surface area (Å²) in [6.45, 7) is 1.66. The third-order valence-electron chi connectivity index (χ3n) is 3.24. The molecule has 1 amide bonds. The van der Waals surface area contributed by atoms with Crippen molar-refractivity contribution in [2.75, 3.05) is 20.1 Å². The number of hydrogen-bond donors (Lipinski definition) is 2.